The third-order valence-electron chi connectivity index (χ3n) is 4.78. The van der Waals surface area contributed by atoms with Gasteiger partial charge in [0.05, 0.1) is 72.7 Å². The van der Waals surface area contributed by atoms with Gasteiger partial charge in [0.15, 0.2) is 0 Å². The molecule has 0 amide bonds. The van der Waals surface area contributed by atoms with Gasteiger partial charge in [-0.2, -0.15) is 0 Å². The summed E-state index contributed by atoms with van der Waals surface area (Å²) in [6.07, 6.45) is 3.50. The van der Waals surface area contributed by atoms with Crippen molar-refractivity contribution in [1.29, 1.82) is 0 Å². The van der Waals surface area contributed by atoms with Crippen molar-refractivity contribution in [3.05, 3.63) is 0 Å². The van der Waals surface area contributed by atoms with Crippen LogP contribution in [0.1, 0.15) is 39.5 Å². The van der Waals surface area contributed by atoms with Crippen molar-refractivity contribution in [2.24, 2.45) is 0 Å². The number of nitrogens with zero attached hydrogens (tertiary/aromatic N) is 1. The van der Waals surface area contributed by atoms with Gasteiger partial charge < -0.3 is 42.7 Å². The molecule has 0 spiro atoms. The van der Waals surface area contributed by atoms with Gasteiger partial charge in [0.2, 0.25) is 0 Å². The lowest BCUT2D eigenvalue weighted by Gasteiger charge is -2.22. The Balaban J connectivity index is 3.84. The number of hydrogen-bond donors (Lipinski definition) is 0. The number of ketones is 1. The lowest BCUT2D eigenvalue weighted by molar-refractivity contribution is -0.117. The fourth-order valence-electron chi connectivity index (χ4n) is 2.84. The number of aldehydes is 1. The average molecular weight is 508 g/mol. The molecule has 0 radical (unpaired) electrons. The van der Waals surface area contributed by atoms with Gasteiger partial charge in [-0.3, -0.25) is 4.90 Å². The first-order chi connectivity index (χ1) is 17.2. The van der Waals surface area contributed by atoms with Gasteiger partial charge in [-0.25, -0.2) is 0 Å². The van der Waals surface area contributed by atoms with Crippen LogP contribution < -0.4 is 0 Å². The van der Waals surface area contributed by atoms with Gasteiger partial charge in [-0.15, -0.1) is 0 Å². The van der Waals surface area contributed by atoms with E-state index in [4.69, 9.17) is 33.2 Å². The second kappa shape index (κ2) is 29.3. The normalized spacial score (nSPS) is 11.4. The summed E-state index contributed by atoms with van der Waals surface area (Å²) in [7, 11) is 0. The van der Waals surface area contributed by atoms with Crippen molar-refractivity contribution >= 4 is 12.1 Å². The number of ether oxygens (including phenoxy) is 7. The minimum Gasteiger partial charge on any atom is -0.380 e. The number of Topliss-reactive ketones (excluding diaryl/α,β-unsaturated/α-hetero) is 1. The monoisotopic (exact) mass is 507 g/mol. The van der Waals surface area contributed by atoms with Gasteiger partial charge in [0.25, 0.3) is 0 Å². The lowest BCUT2D eigenvalue weighted by Crippen LogP contribution is -2.34. The van der Waals surface area contributed by atoms with Crippen molar-refractivity contribution in [1.82, 2.24) is 4.90 Å². The van der Waals surface area contributed by atoms with Crippen molar-refractivity contribution in [3.63, 3.8) is 0 Å². The standard InChI is InChI=1S/C25H49NO9/c1-3-29-17-18-34-23-24-35-22-21-33-16-10-26(8-14-30-13-6-7-25(2)28)9-15-32-20-19-31-12-5-4-11-27/h11H,3-10,12-24H2,1-2H3. The maximum Gasteiger partial charge on any atom is 0.129 e. The average Bonchev–Trinajstić information content (AvgIpc) is 2.85. The predicted molar refractivity (Wildman–Crippen MR) is 133 cm³/mol. The molecular weight excluding hydrogens is 458 g/mol. The van der Waals surface area contributed by atoms with Gasteiger partial charge in [0, 0.05) is 52.3 Å². The molecule has 35 heavy (non-hydrogen) atoms. The summed E-state index contributed by atoms with van der Waals surface area (Å²) in [6, 6.07) is 0. The Morgan fingerprint density at radius 1 is 0.600 bits per heavy atom. The van der Waals surface area contributed by atoms with E-state index in [-0.39, 0.29) is 5.78 Å². The van der Waals surface area contributed by atoms with E-state index in [9.17, 15) is 9.59 Å². The highest BCUT2D eigenvalue weighted by Gasteiger charge is 2.06. The van der Waals surface area contributed by atoms with Crippen LogP contribution >= 0.6 is 0 Å². The van der Waals surface area contributed by atoms with Crippen LogP contribution in [0.15, 0.2) is 0 Å². The van der Waals surface area contributed by atoms with Crippen LogP contribution in [-0.4, -0.2) is 129 Å². The first-order valence-electron chi connectivity index (χ1n) is 12.9. The summed E-state index contributed by atoms with van der Waals surface area (Å²) in [5, 5.41) is 0. The molecule has 0 bridgehead atoms. The maximum absolute atomic E-state index is 11.0. The van der Waals surface area contributed by atoms with E-state index >= 15 is 0 Å². The zero-order valence-corrected chi connectivity index (χ0v) is 22.0. The second-order valence-corrected chi connectivity index (χ2v) is 7.83. The van der Waals surface area contributed by atoms with Crippen molar-refractivity contribution < 1.29 is 42.7 Å². The predicted octanol–water partition coefficient (Wildman–Crippen LogP) is 1.77. The Labute approximate surface area is 211 Å². The molecule has 0 N–H and O–H groups in total. The smallest absolute Gasteiger partial charge is 0.129 e. The highest BCUT2D eigenvalue weighted by molar-refractivity contribution is 5.75. The Morgan fingerprint density at radius 2 is 1.00 bits per heavy atom. The van der Waals surface area contributed by atoms with Crippen molar-refractivity contribution in [2.45, 2.75) is 39.5 Å². The van der Waals surface area contributed by atoms with Crippen LogP contribution in [0.5, 0.6) is 0 Å². The van der Waals surface area contributed by atoms with Crippen LogP contribution in [0.25, 0.3) is 0 Å². The van der Waals surface area contributed by atoms with Gasteiger partial charge in [-0.05, 0) is 26.7 Å². The van der Waals surface area contributed by atoms with Gasteiger partial charge in [-0.1, -0.05) is 0 Å². The topological polar surface area (TPSA) is 102 Å². The first-order valence-corrected chi connectivity index (χ1v) is 12.9. The zero-order valence-electron chi connectivity index (χ0n) is 22.0. The first kappa shape index (κ1) is 34.0. The Morgan fingerprint density at radius 3 is 1.46 bits per heavy atom. The van der Waals surface area contributed by atoms with E-state index in [0.29, 0.717) is 105 Å². The molecule has 0 aliphatic rings. The van der Waals surface area contributed by atoms with E-state index < -0.39 is 0 Å². The molecule has 0 aliphatic heterocycles. The quantitative estimate of drug-likeness (QED) is 0.106. The van der Waals surface area contributed by atoms with Crippen molar-refractivity contribution in [3.8, 4) is 0 Å². The summed E-state index contributed by atoms with van der Waals surface area (Å²) < 4.78 is 38.5. The number of carbonyl (C=O) groups excluding carboxylic acids is 2. The van der Waals surface area contributed by atoms with Crippen molar-refractivity contribution in [2.75, 3.05) is 112 Å². The molecule has 208 valence electrons. The van der Waals surface area contributed by atoms with Crippen LogP contribution in [0.4, 0.5) is 0 Å². The molecule has 0 saturated heterocycles. The molecule has 0 aliphatic carbocycles. The highest BCUT2D eigenvalue weighted by Crippen LogP contribution is 1.95. The van der Waals surface area contributed by atoms with Gasteiger partial charge >= 0.3 is 0 Å². The van der Waals surface area contributed by atoms with E-state index in [1.807, 2.05) is 6.92 Å². The Kier molecular flexibility index (Phi) is 28.4. The number of hydrogen-bond acceptors (Lipinski definition) is 10. The molecular formula is C25H49NO9. The highest BCUT2D eigenvalue weighted by atomic mass is 16.6. The molecule has 0 aromatic carbocycles. The fraction of sp³-hybridized carbons (Fsp3) is 0.920. The molecule has 0 unspecified atom stereocenters. The third kappa shape index (κ3) is 29.1. The summed E-state index contributed by atoms with van der Waals surface area (Å²) in [5.74, 6) is 0.190. The Hall–Kier alpha value is -0.980. The summed E-state index contributed by atoms with van der Waals surface area (Å²) in [5.41, 5.74) is 0. The molecule has 0 saturated carbocycles. The number of unbranched alkanes of at least 4 members (excludes halogenated alkanes) is 1. The van der Waals surface area contributed by atoms with Crippen LogP contribution in [0.3, 0.4) is 0 Å². The summed E-state index contributed by atoms with van der Waals surface area (Å²) >= 11 is 0. The van der Waals surface area contributed by atoms with Gasteiger partial charge in [0.1, 0.15) is 12.1 Å². The van der Waals surface area contributed by atoms with E-state index in [1.54, 1.807) is 6.92 Å². The second-order valence-electron chi connectivity index (χ2n) is 7.83. The summed E-state index contributed by atoms with van der Waals surface area (Å²) in [4.78, 5) is 23.5. The van der Waals surface area contributed by atoms with Crippen LogP contribution in [0, 0.1) is 0 Å². The zero-order chi connectivity index (χ0) is 25.7. The molecule has 0 fully saturated rings. The van der Waals surface area contributed by atoms with Crippen LogP contribution in [0.2, 0.25) is 0 Å². The molecule has 0 rings (SSSR count). The molecule has 10 heteroatoms. The minimum absolute atomic E-state index is 0.190. The van der Waals surface area contributed by atoms with Crippen LogP contribution in [-0.2, 0) is 42.7 Å². The molecule has 0 atom stereocenters. The molecule has 0 aromatic rings. The minimum atomic E-state index is 0.190. The number of rotatable bonds is 30. The fourth-order valence-corrected chi connectivity index (χ4v) is 2.84. The largest absolute Gasteiger partial charge is 0.380 e. The molecule has 0 aromatic heterocycles. The Bertz CT molecular complexity index is 455. The summed E-state index contributed by atoms with van der Waals surface area (Å²) in [6.45, 7) is 13.9. The maximum atomic E-state index is 11.0. The lowest BCUT2D eigenvalue weighted by atomic mass is 10.2. The van der Waals surface area contributed by atoms with E-state index in [2.05, 4.69) is 4.90 Å². The molecule has 0 heterocycles. The van der Waals surface area contributed by atoms with E-state index in [0.717, 1.165) is 38.8 Å². The van der Waals surface area contributed by atoms with E-state index in [1.165, 1.54) is 0 Å². The number of carbonyl (C=O) groups is 2. The SMILES string of the molecule is CCOCCOCCOCCOCCN(CCOCCCC(C)=O)CCOCCOCCCC=O. The third-order valence-corrected chi connectivity index (χ3v) is 4.78. The molecule has 10 nitrogen and oxygen atoms in total.